The lowest BCUT2D eigenvalue weighted by molar-refractivity contribution is -0.130. The second-order valence-corrected chi connectivity index (χ2v) is 22.7. The summed E-state index contributed by atoms with van der Waals surface area (Å²) in [6.45, 7) is 2.14. The Morgan fingerprint density at radius 3 is 2.30 bits per heavy atom. The standard InChI is InChI=1S/C4H13F3Si3/c1-9-10(8)3-2-4(5,6)7/h10H,2-3,9H2,1,8H3. The van der Waals surface area contributed by atoms with Crippen LogP contribution in [0.25, 0.3) is 0 Å². The largest absolute Gasteiger partial charge is 0.388 e. The summed E-state index contributed by atoms with van der Waals surface area (Å²) in [4.78, 5) is 0. The molecule has 0 saturated heterocycles. The fourth-order valence-electron chi connectivity index (χ4n) is 0.614. The zero-order valence-corrected chi connectivity index (χ0v) is 10.9. The highest BCUT2D eigenvalue weighted by Gasteiger charge is 2.26. The fraction of sp³-hybridized carbons (Fsp3) is 1.00. The van der Waals surface area contributed by atoms with Gasteiger partial charge in [0.2, 0.25) is 0 Å². The topological polar surface area (TPSA) is 0 Å². The molecule has 0 radical (unpaired) electrons. The molecule has 0 aromatic heterocycles. The van der Waals surface area contributed by atoms with Gasteiger partial charge >= 0.3 is 6.18 Å². The molecule has 1 atom stereocenters. The molecule has 0 aliphatic heterocycles. The van der Waals surface area contributed by atoms with E-state index in [1.807, 2.05) is 0 Å². The SMILES string of the molecule is C[SiH2][SiH]([SiH3])CCC(F)(F)F. The molecule has 10 heavy (non-hydrogen) atoms. The summed E-state index contributed by atoms with van der Waals surface area (Å²) in [5.41, 5.74) is 0. The molecule has 0 spiro atoms. The molecule has 0 aromatic carbocycles. The van der Waals surface area contributed by atoms with E-state index in [9.17, 15) is 13.2 Å². The van der Waals surface area contributed by atoms with Crippen molar-refractivity contribution in [2.45, 2.75) is 25.2 Å². The first kappa shape index (κ1) is 10.4. The Bertz CT molecular complexity index is 92.2. The molecule has 0 N–H and O–H groups in total. The van der Waals surface area contributed by atoms with Gasteiger partial charge in [-0.2, -0.15) is 13.2 Å². The smallest absolute Gasteiger partial charge is 0.171 e. The van der Waals surface area contributed by atoms with E-state index in [-0.39, 0.29) is 9.04 Å². The number of rotatable bonds is 3. The van der Waals surface area contributed by atoms with E-state index in [4.69, 9.17) is 0 Å². The molecule has 0 aromatic rings. The second-order valence-electron chi connectivity index (χ2n) is 2.67. The van der Waals surface area contributed by atoms with E-state index in [0.717, 1.165) is 9.76 Å². The third-order valence-electron chi connectivity index (χ3n) is 1.62. The minimum absolute atomic E-state index is 0.0300. The van der Waals surface area contributed by atoms with Crippen LogP contribution in [0.15, 0.2) is 0 Å². The zero-order chi connectivity index (χ0) is 8.20. The van der Waals surface area contributed by atoms with Gasteiger partial charge in [0.05, 0.1) is 0 Å². The first-order valence-electron chi connectivity index (χ1n) is 3.52. The number of hydrogen-bond donors (Lipinski definition) is 0. The van der Waals surface area contributed by atoms with Gasteiger partial charge in [-0.1, -0.05) is 12.6 Å². The summed E-state index contributed by atoms with van der Waals surface area (Å²) >= 11 is 0. The van der Waals surface area contributed by atoms with Gasteiger partial charge in [0.15, 0.2) is 0 Å². The van der Waals surface area contributed by atoms with Crippen LogP contribution in [0.5, 0.6) is 0 Å². The van der Waals surface area contributed by atoms with Gasteiger partial charge in [-0.15, -0.1) is 0 Å². The zero-order valence-electron chi connectivity index (χ0n) is 6.33. The molecule has 0 aliphatic rings. The van der Waals surface area contributed by atoms with Crippen molar-refractivity contribution in [1.82, 2.24) is 0 Å². The van der Waals surface area contributed by atoms with Crippen molar-refractivity contribution in [2.75, 3.05) is 0 Å². The van der Waals surface area contributed by atoms with E-state index >= 15 is 0 Å². The predicted molar refractivity (Wildman–Crippen MR) is 47.0 cm³/mol. The Balaban J connectivity index is 3.36. The van der Waals surface area contributed by atoms with Gasteiger partial charge in [0.25, 0.3) is 0 Å². The maximum Gasteiger partial charge on any atom is 0.388 e. The maximum atomic E-state index is 11.6. The molecular formula is C4H13F3Si3. The normalized spacial score (nSPS) is 16.8. The highest BCUT2D eigenvalue weighted by molar-refractivity contribution is 7.34. The summed E-state index contributed by atoms with van der Waals surface area (Å²) < 4.78 is 34.8. The summed E-state index contributed by atoms with van der Waals surface area (Å²) in [7, 11) is 0.330. The van der Waals surface area contributed by atoms with Gasteiger partial charge in [-0.05, 0) is 9.76 Å². The Morgan fingerprint density at radius 2 is 2.00 bits per heavy atom. The molecule has 0 amide bonds. The van der Waals surface area contributed by atoms with Crippen LogP contribution in [-0.2, 0) is 0 Å². The third-order valence-corrected chi connectivity index (χ3v) is 18.8. The minimum Gasteiger partial charge on any atom is -0.171 e. The molecule has 0 heterocycles. The Kier molecular flexibility index (Phi) is 4.54. The van der Waals surface area contributed by atoms with Crippen molar-refractivity contribution >= 4 is 26.6 Å². The van der Waals surface area contributed by atoms with Crippen LogP contribution < -0.4 is 0 Å². The monoisotopic (exact) mass is 202 g/mol. The second kappa shape index (κ2) is 4.35. The Hall–Kier alpha value is 0.441. The highest BCUT2D eigenvalue weighted by Crippen LogP contribution is 2.21. The number of hydrogen-bond acceptors (Lipinski definition) is 0. The molecule has 0 nitrogen and oxygen atoms in total. The molecule has 62 valence electrons. The van der Waals surface area contributed by atoms with Gasteiger partial charge in [-0.25, -0.2) is 0 Å². The quantitative estimate of drug-likeness (QED) is 0.553. The van der Waals surface area contributed by atoms with Gasteiger partial charge < -0.3 is 0 Å². The molecule has 0 bridgehead atoms. The lowest BCUT2D eigenvalue weighted by Crippen LogP contribution is -2.23. The van der Waals surface area contributed by atoms with Crippen molar-refractivity contribution in [1.29, 1.82) is 0 Å². The van der Waals surface area contributed by atoms with Crippen LogP contribution in [0.4, 0.5) is 13.2 Å². The number of alkyl halides is 3. The van der Waals surface area contributed by atoms with Crippen molar-refractivity contribution in [2.24, 2.45) is 0 Å². The summed E-state index contributed by atoms with van der Waals surface area (Å²) in [5.74, 6) is 0. The lowest BCUT2D eigenvalue weighted by atomic mass is 10.5. The summed E-state index contributed by atoms with van der Waals surface area (Å²) in [6.07, 6.45) is -4.40. The summed E-state index contributed by atoms with van der Waals surface area (Å²) in [6, 6.07) is 0.526. The van der Waals surface area contributed by atoms with E-state index in [0.29, 0.717) is 6.04 Å². The molecule has 0 fully saturated rings. The van der Waals surface area contributed by atoms with Crippen LogP contribution >= 0.6 is 0 Å². The lowest BCUT2D eigenvalue weighted by Gasteiger charge is -2.08. The van der Waals surface area contributed by atoms with Crippen LogP contribution in [0, 0.1) is 0 Å². The average molecular weight is 202 g/mol. The molecular weight excluding hydrogens is 189 g/mol. The van der Waals surface area contributed by atoms with E-state index < -0.39 is 20.4 Å². The van der Waals surface area contributed by atoms with Crippen molar-refractivity contribution in [3.8, 4) is 0 Å². The molecule has 0 aliphatic carbocycles. The fourth-order valence-corrected chi connectivity index (χ4v) is 4.55. The molecule has 0 saturated carbocycles. The average Bonchev–Trinajstić information content (AvgIpc) is 1.81. The molecule has 0 rings (SSSR count). The minimum atomic E-state index is -3.89. The first-order valence-corrected chi connectivity index (χ1v) is 13.6. The van der Waals surface area contributed by atoms with Gasteiger partial charge in [0.1, 0.15) is 0 Å². The van der Waals surface area contributed by atoms with Crippen LogP contribution in [0.1, 0.15) is 6.42 Å². The molecule has 1 unspecified atom stereocenters. The van der Waals surface area contributed by atoms with Crippen LogP contribution in [0.2, 0.25) is 12.6 Å². The first-order chi connectivity index (χ1) is 4.45. The maximum absolute atomic E-state index is 11.6. The predicted octanol–water partition coefficient (Wildman–Crippen LogP) is -0.258. The van der Waals surface area contributed by atoms with E-state index in [1.54, 1.807) is 0 Å². The number of halogens is 3. The van der Waals surface area contributed by atoms with Crippen LogP contribution in [-0.4, -0.2) is 32.8 Å². The summed E-state index contributed by atoms with van der Waals surface area (Å²) in [5, 5.41) is 0. The molecule has 6 heteroatoms. The van der Waals surface area contributed by atoms with Gasteiger partial charge in [0, 0.05) is 23.3 Å². The van der Waals surface area contributed by atoms with Crippen molar-refractivity contribution < 1.29 is 13.2 Å². The Labute approximate surface area is 65.6 Å². The third kappa shape index (κ3) is 6.56. The highest BCUT2D eigenvalue weighted by atomic mass is 29.5. The van der Waals surface area contributed by atoms with Gasteiger partial charge in [-0.3, -0.25) is 0 Å². The van der Waals surface area contributed by atoms with Crippen molar-refractivity contribution in [3.05, 3.63) is 0 Å². The van der Waals surface area contributed by atoms with Crippen LogP contribution in [0.3, 0.4) is 0 Å². The van der Waals surface area contributed by atoms with E-state index in [1.165, 1.54) is 0 Å². The Morgan fingerprint density at radius 1 is 1.50 bits per heavy atom. The van der Waals surface area contributed by atoms with E-state index in [2.05, 4.69) is 6.55 Å². The van der Waals surface area contributed by atoms with Crippen molar-refractivity contribution in [3.63, 3.8) is 0 Å².